The molecule has 0 aromatic carbocycles. The van der Waals surface area contributed by atoms with Crippen LogP contribution in [-0.2, 0) is 9.53 Å². The van der Waals surface area contributed by atoms with Crippen LogP contribution in [0.25, 0.3) is 11.3 Å². The van der Waals surface area contributed by atoms with Crippen LogP contribution < -0.4 is 10.6 Å². The van der Waals surface area contributed by atoms with Crippen LogP contribution in [0.3, 0.4) is 0 Å². The first-order valence-electron chi connectivity index (χ1n) is 8.01. The predicted octanol–water partition coefficient (Wildman–Crippen LogP) is 3.34. The van der Waals surface area contributed by atoms with Gasteiger partial charge in [-0.15, -0.1) is 0 Å². The molecule has 0 radical (unpaired) electrons. The van der Waals surface area contributed by atoms with Crippen LogP contribution in [0.2, 0.25) is 5.02 Å². The van der Waals surface area contributed by atoms with Gasteiger partial charge in [0, 0.05) is 31.5 Å². The summed E-state index contributed by atoms with van der Waals surface area (Å²) in [5, 5.41) is 5.91. The summed E-state index contributed by atoms with van der Waals surface area (Å²) in [4.78, 5) is 18.9. The normalized spacial score (nSPS) is 15.0. The van der Waals surface area contributed by atoms with Crippen molar-refractivity contribution >= 4 is 29.6 Å². The minimum absolute atomic E-state index is 0.182. The van der Waals surface area contributed by atoms with Crippen LogP contribution in [0.1, 0.15) is 12.8 Å². The lowest BCUT2D eigenvalue weighted by molar-refractivity contribution is -0.105. The second-order valence-electron chi connectivity index (χ2n) is 5.78. The number of carbonyl (C=O) groups excluding carboxylic acids is 1. The highest BCUT2D eigenvalue weighted by Gasteiger charge is 2.16. The summed E-state index contributed by atoms with van der Waals surface area (Å²) in [6, 6.07) is 4.48. The van der Waals surface area contributed by atoms with E-state index in [1.807, 2.05) is 0 Å². The summed E-state index contributed by atoms with van der Waals surface area (Å²) in [6.07, 6.45) is 3.85. The van der Waals surface area contributed by atoms with Crippen LogP contribution in [-0.4, -0.2) is 36.1 Å². The molecular weight excluding hydrogens is 347 g/mol. The average Bonchev–Trinajstić information content (AvgIpc) is 2.64. The first-order chi connectivity index (χ1) is 12.2. The van der Waals surface area contributed by atoms with Gasteiger partial charge in [0.25, 0.3) is 0 Å². The Morgan fingerprint density at radius 2 is 2.16 bits per heavy atom. The molecule has 1 amide bonds. The van der Waals surface area contributed by atoms with Crippen molar-refractivity contribution in [2.24, 2.45) is 5.92 Å². The van der Waals surface area contributed by atoms with Crippen LogP contribution in [0.5, 0.6) is 0 Å². The van der Waals surface area contributed by atoms with Crippen molar-refractivity contribution < 1.29 is 13.9 Å². The van der Waals surface area contributed by atoms with E-state index in [4.69, 9.17) is 16.3 Å². The Bertz CT molecular complexity index is 753. The largest absolute Gasteiger partial charge is 0.381 e. The maximum atomic E-state index is 14.1. The highest BCUT2D eigenvalue weighted by atomic mass is 35.5. The molecule has 8 heteroatoms. The van der Waals surface area contributed by atoms with Gasteiger partial charge in [-0.3, -0.25) is 4.79 Å². The quantitative estimate of drug-likeness (QED) is 0.769. The predicted molar refractivity (Wildman–Crippen MR) is 94.2 cm³/mol. The molecule has 1 fully saturated rings. The molecule has 25 heavy (non-hydrogen) atoms. The molecule has 0 bridgehead atoms. The highest BCUT2D eigenvalue weighted by Crippen LogP contribution is 2.29. The molecule has 2 aromatic rings. The summed E-state index contributed by atoms with van der Waals surface area (Å²) in [5.74, 6) is 0.540. The van der Waals surface area contributed by atoms with Gasteiger partial charge in [-0.25, -0.2) is 14.4 Å². The Hall–Kier alpha value is -2.25. The molecule has 1 aliphatic heterocycles. The first kappa shape index (κ1) is 17.6. The fraction of sp³-hybridized carbons (Fsp3) is 0.353. The summed E-state index contributed by atoms with van der Waals surface area (Å²) in [7, 11) is 0. The third-order valence-electron chi connectivity index (χ3n) is 4.08. The molecule has 2 N–H and O–H groups in total. The van der Waals surface area contributed by atoms with Crippen molar-refractivity contribution in [3.63, 3.8) is 0 Å². The van der Waals surface area contributed by atoms with E-state index >= 15 is 0 Å². The van der Waals surface area contributed by atoms with Crippen LogP contribution >= 0.6 is 11.6 Å². The van der Waals surface area contributed by atoms with E-state index in [-0.39, 0.29) is 5.82 Å². The van der Waals surface area contributed by atoms with Gasteiger partial charge in [0.05, 0.1) is 10.7 Å². The summed E-state index contributed by atoms with van der Waals surface area (Å²) >= 11 is 6.18. The zero-order valence-corrected chi connectivity index (χ0v) is 14.2. The van der Waals surface area contributed by atoms with Crippen molar-refractivity contribution in [3.05, 3.63) is 35.2 Å². The van der Waals surface area contributed by atoms with Crippen LogP contribution in [0.4, 0.5) is 16.0 Å². The Kier molecular flexibility index (Phi) is 5.78. The van der Waals surface area contributed by atoms with Crippen molar-refractivity contribution in [1.29, 1.82) is 0 Å². The second-order valence-corrected chi connectivity index (χ2v) is 6.18. The number of hydrogen-bond donors (Lipinski definition) is 2. The SMILES string of the molecule is O=CNc1cc(-c2ccc(F)c(NCC3CCOCC3)n2)c(Cl)cn1. The molecule has 0 aliphatic carbocycles. The number of hydrogen-bond acceptors (Lipinski definition) is 5. The zero-order valence-electron chi connectivity index (χ0n) is 13.5. The van der Waals surface area contributed by atoms with Gasteiger partial charge in [0.2, 0.25) is 6.41 Å². The molecule has 0 spiro atoms. The lowest BCUT2D eigenvalue weighted by Crippen LogP contribution is -2.23. The summed E-state index contributed by atoms with van der Waals surface area (Å²) in [6.45, 7) is 2.11. The van der Waals surface area contributed by atoms with E-state index in [0.717, 1.165) is 26.1 Å². The topological polar surface area (TPSA) is 76.1 Å². The van der Waals surface area contributed by atoms with Crippen LogP contribution in [0.15, 0.2) is 24.4 Å². The number of halogens is 2. The van der Waals surface area contributed by atoms with Crippen molar-refractivity contribution in [2.75, 3.05) is 30.4 Å². The number of anilines is 2. The third-order valence-corrected chi connectivity index (χ3v) is 4.38. The Balaban J connectivity index is 1.81. The summed E-state index contributed by atoms with van der Waals surface area (Å²) < 4.78 is 19.4. The Morgan fingerprint density at radius 3 is 2.92 bits per heavy atom. The highest BCUT2D eigenvalue weighted by molar-refractivity contribution is 6.33. The molecule has 0 unspecified atom stereocenters. The summed E-state index contributed by atoms with van der Waals surface area (Å²) in [5.41, 5.74) is 1.06. The van der Waals surface area contributed by atoms with E-state index in [2.05, 4.69) is 20.6 Å². The van der Waals surface area contributed by atoms with E-state index in [0.29, 0.717) is 41.0 Å². The lowest BCUT2D eigenvalue weighted by Gasteiger charge is -2.22. The molecule has 3 rings (SSSR count). The van der Waals surface area contributed by atoms with Gasteiger partial charge in [-0.1, -0.05) is 11.6 Å². The van der Waals surface area contributed by atoms with Gasteiger partial charge in [-0.2, -0.15) is 0 Å². The van der Waals surface area contributed by atoms with Gasteiger partial charge < -0.3 is 15.4 Å². The number of nitrogens with zero attached hydrogens (tertiary/aromatic N) is 2. The minimum Gasteiger partial charge on any atom is -0.381 e. The molecule has 0 saturated carbocycles. The molecule has 1 saturated heterocycles. The number of ether oxygens (including phenoxy) is 1. The number of aromatic nitrogens is 2. The lowest BCUT2D eigenvalue weighted by atomic mass is 10.0. The van der Waals surface area contributed by atoms with Gasteiger partial charge >= 0.3 is 0 Å². The van der Waals surface area contributed by atoms with Crippen molar-refractivity contribution in [3.8, 4) is 11.3 Å². The van der Waals surface area contributed by atoms with E-state index in [9.17, 15) is 9.18 Å². The fourth-order valence-electron chi connectivity index (χ4n) is 2.68. The number of amides is 1. The van der Waals surface area contributed by atoms with Gasteiger partial charge in [0.1, 0.15) is 5.82 Å². The van der Waals surface area contributed by atoms with E-state index in [1.54, 1.807) is 12.1 Å². The minimum atomic E-state index is -0.424. The molecule has 2 aromatic heterocycles. The molecule has 132 valence electrons. The standard InChI is InChI=1S/C17H18ClFN4O2/c18-13-9-20-16(22-10-24)7-12(13)15-2-1-14(19)17(23-15)21-8-11-3-5-25-6-4-11/h1-2,7,9-11H,3-6,8H2,(H,21,23)(H,20,22,24). The number of rotatable bonds is 6. The van der Waals surface area contributed by atoms with Crippen LogP contribution in [0, 0.1) is 11.7 Å². The Morgan fingerprint density at radius 1 is 1.36 bits per heavy atom. The number of carbonyl (C=O) groups is 1. The number of pyridine rings is 2. The second kappa shape index (κ2) is 8.22. The molecule has 1 aliphatic rings. The maximum Gasteiger partial charge on any atom is 0.212 e. The zero-order chi connectivity index (χ0) is 17.6. The van der Waals surface area contributed by atoms with Crippen molar-refractivity contribution in [1.82, 2.24) is 9.97 Å². The van der Waals surface area contributed by atoms with E-state index < -0.39 is 5.82 Å². The molecule has 6 nitrogen and oxygen atoms in total. The molecule has 0 atom stereocenters. The first-order valence-corrected chi connectivity index (χ1v) is 8.39. The smallest absolute Gasteiger partial charge is 0.212 e. The maximum absolute atomic E-state index is 14.1. The van der Waals surface area contributed by atoms with E-state index in [1.165, 1.54) is 12.3 Å². The molecule has 3 heterocycles. The monoisotopic (exact) mass is 364 g/mol. The number of nitrogens with one attached hydrogen (secondary N) is 2. The fourth-order valence-corrected chi connectivity index (χ4v) is 2.88. The van der Waals surface area contributed by atoms with Gasteiger partial charge in [0.15, 0.2) is 11.6 Å². The van der Waals surface area contributed by atoms with Crippen molar-refractivity contribution in [2.45, 2.75) is 12.8 Å². The molecular formula is C17H18ClFN4O2. The third kappa shape index (κ3) is 4.43. The van der Waals surface area contributed by atoms with Gasteiger partial charge in [-0.05, 0) is 37.0 Å². The average molecular weight is 365 g/mol. The Labute approximate surface area is 149 Å².